The van der Waals surface area contributed by atoms with Gasteiger partial charge in [-0.2, -0.15) is 0 Å². The highest BCUT2D eigenvalue weighted by Crippen LogP contribution is 2.18. The fraction of sp³-hybridized carbons (Fsp3) is 0.545. The Hall–Kier alpha value is -1.29. The Morgan fingerprint density at radius 2 is 2.47 bits per heavy atom. The first kappa shape index (κ1) is 10.2. The summed E-state index contributed by atoms with van der Waals surface area (Å²) in [4.78, 5) is 4.06. The Bertz CT molecular complexity index is 311. The molecule has 4 heteroatoms. The van der Waals surface area contributed by atoms with Crippen molar-refractivity contribution in [2.45, 2.75) is 25.4 Å². The molecule has 2 rings (SSSR count). The van der Waals surface area contributed by atoms with Gasteiger partial charge < -0.3 is 15.2 Å². The minimum absolute atomic E-state index is 0.195. The molecule has 0 amide bonds. The number of ether oxygens (including phenoxy) is 2. The number of pyridine rings is 1. The number of hydrogen-bond acceptors (Lipinski definition) is 4. The first-order valence-corrected chi connectivity index (χ1v) is 5.31. The molecule has 2 N–H and O–H groups in total. The first-order chi connectivity index (χ1) is 7.36. The van der Waals surface area contributed by atoms with Crippen LogP contribution in [-0.2, 0) is 4.74 Å². The van der Waals surface area contributed by atoms with E-state index in [2.05, 4.69) is 4.98 Å². The van der Waals surface area contributed by atoms with Gasteiger partial charge in [0.05, 0.1) is 11.8 Å². The monoisotopic (exact) mass is 208 g/mol. The third kappa shape index (κ3) is 2.83. The van der Waals surface area contributed by atoms with E-state index >= 15 is 0 Å². The van der Waals surface area contributed by atoms with Crippen LogP contribution in [0.2, 0.25) is 0 Å². The van der Waals surface area contributed by atoms with Crippen LogP contribution in [0.25, 0.3) is 0 Å². The summed E-state index contributed by atoms with van der Waals surface area (Å²) in [5.41, 5.74) is 6.28. The average molecular weight is 208 g/mol. The summed E-state index contributed by atoms with van der Waals surface area (Å²) >= 11 is 0. The van der Waals surface area contributed by atoms with Crippen LogP contribution in [0.4, 0.5) is 5.69 Å². The second kappa shape index (κ2) is 4.98. The van der Waals surface area contributed by atoms with Gasteiger partial charge in [-0.3, -0.25) is 0 Å². The average Bonchev–Trinajstić information content (AvgIpc) is 2.29. The number of aromatic nitrogens is 1. The maximum atomic E-state index is 5.71. The Kier molecular flexibility index (Phi) is 3.40. The minimum atomic E-state index is 0.195. The molecule has 2 heterocycles. The zero-order valence-electron chi connectivity index (χ0n) is 8.69. The Labute approximate surface area is 89.4 Å². The van der Waals surface area contributed by atoms with Crippen LogP contribution in [0.15, 0.2) is 18.3 Å². The maximum Gasteiger partial charge on any atom is 0.237 e. The Morgan fingerprint density at radius 3 is 3.20 bits per heavy atom. The molecular weight excluding hydrogens is 192 g/mol. The molecule has 0 spiro atoms. The number of nitrogen functional groups attached to an aromatic ring is 1. The van der Waals surface area contributed by atoms with Crippen molar-refractivity contribution in [1.29, 1.82) is 0 Å². The minimum Gasteiger partial charge on any atom is -0.473 e. The molecule has 1 saturated heterocycles. The van der Waals surface area contributed by atoms with Gasteiger partial charge in [0.2, 0.25) is 5.88 Å². The smallest absolute Gasteiger partial charge is 0.237 e. The van der Waals surface area contributed by atoms with Crippen molar-refractivity contribution < 1.29 is 9.47 Å². The molecule has 1 aliphatic heterocycles. The van der Waals surface area contributed by atoms with Gasteiger partial charge in [-0.25, -0.2) is 4.98 Å². The third-order valence-electron chi connectivity index (χ3n) is 2.48. The van der Waals surface area contributed by atoms with E-state index in [4.69, 9.17) is 15.2 Å². The molecule has 1 aromatic rings. The lowest BCUT2D eigenvalue weighted by Gasteiger charge is -2.22. The second-order valence-corrected chi connectivity index (χ2v) is 3.70. The summed E-state index contributed by atoms with van der Waals surface area (Å²) in [5, 5.41) is 0. The SMILES string of the molecule is Nc1cccnc1OC[C@@H]1CCCCO1. The number of nitrogens with two attached hydrogens (primary N) is 1. The summed E-state index contributed by atoms with van der Waals surface area (Å²) in [5.74, 6) is 0.506. The highest BCUT2D eigenvalue weighted by atomic mass is 16.5. The van der Waals surface area contributed by atoms with Gasteiger partial charge in [-0.05, 0) is 31.4 Å². The topological polar surface area (TPSA) is 57.4 Å². The first-order valence-electron chi connectivity index (χ1n) is 5.31. The van der Waals surface area contributed by atoms with Crippen molar-refractivity contribution >= 4 is 5.69 Å². The summed E-state index contributed by atoms with van der Waals surface area (Å²) in [7, 11) is 0. The predicted octanol–water partition coefficient (Wildman–Crippen LogP) is 1.61. The molecule has 0 radical (unpaired) electrons. The molecule has 1 fully saturated rings. The summed E-state index contributed by atoms with van der Waals surface area (Å²) < 4.78 is 11.1. The number of nitrogens with zero attached hydrogens (tertiary/aromatic N) is 1. The number of anilines is 1. The lowest BCUT2D eigenvalue weighted by atomic mass is 10.1. The van der Waals surface area contributed by atoms with Crippen LogP contribution >= 0.6 is 0 Å². The summed E-state index contributed by atoms with van der Waals surface area (Å²) in [6, 6.07) is 3.57. The zero-order chi connectivity index (χ0) is 10.5. The van der Waals surface area contributed by atoms with Crippen molar-refractivity contribution in [2.24, 2.45) is 0 Å². The molecule has 1 aromatic heterocycles. The molecule has 0 aromatic carbocycles. The molecule has 0 aliphatic carbocycles. The van der Waals surface area contributed by atoms with Gasteiger partial charge in [0, 0.05) is 12.8 Å². The fourth-order valence-corrected chi connectivity index (χ4v) is 1.63. The van der Waals surface area contributed by atoms with E-state index in [1.807, 2.05) is 0 Å². The largest absolute Gasteiger partial charge is 0.473 e. The highest BCUT2D eigenvalue weighted by molar-refractivity contribution is 5.46. The van der Waals surface area contributed by atoms with Gasteiger partial charge in [-0.1, -0.05) is 0 Å². The molecule has 1 aliphatic rings. The predicted molar refractivity (Wildman–Crippen MR) is 57.7 cm³/mol. The van der Waals surface area contributed by atoms with Crippen molar-refractivity contribution in [3.8, 4) is 5.88 Å². The Morgan fingerprint density at radius 1 is 1.53 bits per heavy atom. The second-order valence-electron chi connectivity index (χ2n) is 3.70. The van der Waals surface area contributed by atoms with E-state index in [0.717, 1.165) is 19.4 Å². The van der Waals surface area contributed by atoms with E-state index in [9.17, 15) is 0 Å². The maximum absolute atomic E-state index is 5.71. The molecular formula is C11H16N2O2. The van der Waals surface area contributed by atoms with Crippen LogP contribution < -0.4 is 10.5 Å². The number of rotatable bonds is 3. The molecule has 0 unspecified atom stereocenters. The van der Waals surface area contributed by atoms with E-state index in [0.29, 0.717) is 18.2 Å². The molecule has 1 atom stereocenters. The Balaban J connectivity index is 1.84. The molecule has 4 nitrogen and oxygen atoms in total. The fourth-order valence-electron chi connectivity index (χ4n) is 1.63. The van der Waals surface area contributed by atoms with Gasteiger partial charge >= 0.3 is 0 Å². The molecule has 82 valence electrons. The van der Waals surface area contributed by atoms with Crippen LogP contribution in [-0.4, -0.2) is 24.3 Å². The molecule has 0 saturated carbocycles. The normalized spacial score (nSPS) is 21.2. The van der Waals surface area contributed by atoms with Crippen molar-refractivity contribution in [1.82, 2.24) is 4.98 Å². The summed E-state index contributed by atoms with van der Waals surface area (Å²) in [6.45, 7) is 1.38. The van der Waals surface area contributed by atoms with E-state index in [1.165, 1.54) is 6.42 Å². The van der Waals surface area contributed by atoms with E-state index in [1.54, 1.807) is 18.3 Å². The quantitative estimate of drug-likeness (QED) is 0.819. The molecule has 15 heavy (non-hydrogen) atoms. The lowest BCUT2D eigenvalue weighted by molar-refractivity contribution is -0.0117. The van der Waals surface area contributed by atoms with Crippen LogP contribution in [0, 0.1) is 0 Å². The van der Waals surface area contributed by atoms with Crippen LogP contribution in [0.5, 0.6) is 5.88 Å². The van der Waals surface area contributed by atoms with E-state index < -0.39 is 0 Å². The van der Waals surface area contributed by atoms with Gasteiger partial charge in [-0.15, -0.1) is 0 Å². The van der Waals surface area contributed by atoms with Crippen LogP contribution in [0.3, 0.4) is 0 Å². The molecule has 0 bridgehead atoms. The van der Waals surface area contributed by atoms with E-state index in [-0.39, 0.29) is 6.10 Å². The van der Waals surface area contributed by atoms with Gasteiger partial charge in [0.15, 0.2) is 0 Å². The summed E-state index contributed by atoms with van der Waals surface area (Å²) in [6.07, 6.45) is 5.30. The number of hydrogen-bond donors (Lipinski definition) is 1. The van der Waals surface area contributed by atoms with Crippen molar-refractivity contribution in [3.05, 3.63) is 18.3 Å². The standard InChI is InChI=1S/C11H16N2O2/c12-10-5-3-6-13-11(10)15-8-9-4-1-2-7-14-9/h3,5-6,9H,1-2,4,7-8,12H2/t9-/m0/s1. The van der Waals surface area contributed by atoms with Crippen LogP contribution in [0.1, 0.15) is 19.3 Å². The van der Waals surface area contributed by atoms with Crippen molar-refractivity contribution in [3.63, 3.8) is 0 Å². The van der Waals surface area contributed by atoms with Gasteiger partial charge in [0.25, 0.3) is 0 Å². The van der Waals surface area contributed by atoms with Gasteiger partial charge in [0.1, 0.15) is 6.61 Å². The zero-order valence-corrected chi connectivity index (χ0v) is 8.69. The van der Waals surface area contributed by atoms with Crippen molar-refractivity contribution in [2.75, 3.05) is 18.9 Å². The lowest BCUT2D eigenvalue weighted by Crippen LogP contribution is -2.26. The third-order valence-corrected chi connectivity index (χ3v) is 2.48. The highest BCUT2D eigenvalue weighted by Gasteiger charge is 2.15.